The zero-order valence-corrected chi connectivity index (χ0v) is 11.9. The Hall–Kier alpha value is -2.37. The average Bonchev–Trinajstić information content (AvgIpc) is 2.48. The van der Waals surface area contributed by atoms with Gasteiger partial charge in [-0.05, 0) is 25.5 Å². The topological polar surface area (TPSA) is 72.0 Å². The van der Waals surface area contributed by atoms with Crippen molar-refractivity contribution < 1.29 is 4.74 Å². The molecule has 0 aliphatic heterocycles. The highest BCUT2D eigenvalue weighted by atomic mass is 16.5. The summed E-state index contributed by atoms with van der Waals surface area (Å²) >= 11 is 0. The largest absolute Gasteiger partial charge is 0.495 e. The predicted molar refractivity (Wildman–Crippen MR) is 79.5 cm³/mol. The molecule has 0 aliphatic carbocycles. The van der Waals surface area contributed by atoms with Gasteiger partial charge in [-0.2, -0.15) is 10.1 Å². The molecule has 0 spiro atoms. The summed E-state index contributed by atoms with van der Waals surface area (Å²) in [4.78, 5) is 4.38. The standard InChI is InChI=1S/C14H19N5O/c1-4-10(2)16-13-9-15-19-14(18-13)17-11-7-5-6-8-12(11)20-3/h5-10H,4H2,1-3H3,(H2,16,17,18,19). The Morgan fingerprint density at radius 3 is 2.85 bits per heavy atom. The second-order valence-corrected chi connectivity index (χ2v) is 4.44. The van der Waals surface area contributed by atoms with Gasteiger partial charge in [-0.3, -0.25) is 0 Å². The zero-order valence-electron chi connectivity index (χ0n) is 11.9. The van der Waals surface area contributed by atoms with Gasteiger partial charge in [-0.25, -0.2) is 0 Å². The van der Waals surface area contributed by atoms with Crippen LogP contribution in [0.1, 0.15) is 20.3 Å². The maximum atomic E-state index is 5.28. The van der Waals surface area contributed by atoms with Crippen molar-refractivity contribution in [2.24, 2.45) is 0 Å². The molecule has 0 saturated carbocycles. The van der Waals surface area contributed by atoms with E-state index in [1.807, 2.05) is 24.3 Å². The van der Waals surface area contributed by atoms with Gasteiger partial charge >= 0.3 is 0 Å². The van der Waals surface area contributed by atoms with Gasteiger partial charge < -0.3 is 15.4 Å². The Morgan fingerprint density at radius 1 is 1.30 bits per heavy atom. The smallest absolute Gasteiger partial charge is 0.249 e. The normalized spacial score (nSPS) is 11.8. The Morgan fingerprint density at radius 2 is 2.10 bits per heavy atom. The highest BCUT2D eigenvalue weighted by Gasteiger charge is 2.06. The van der Waals surface area contributed by atoms with Gasteiger partial charge in [-0.1, -0.05) is 19.1 Å². The predicted octanol–water partition coefficient (Wildman–Crippen LogP) is 2.83. The van der Waals surface area contributed by atoms with Crippen LogP contribution in [0.25, 0.3) is 0 Å². The van der Waals surface area contributed by atoms with E-state index in [0.717, 1.165) is 17.9 Å². The number of ether oxygens (including phenoxy) is 1. The molecule has 1 heterocycles. The van der Waals surface area contributed by atoms with Gasteiger partial charge in [0.15, 0.2) is 5.82 Å². The van der Waals surface area contributed by atoms with E-state index in [-0.39, 0.29) is 0 Å². The summed E-state index contributed by atoms with van der Waals surface area (Å²) in [5.41, 5.74) is 0.803. The average molecular weight is 273 g/mol. The van der Waals surface area contributed by atoms with Crippen LogP contribution in [0.15, 0.2) is 30.5 Å². The fraction of sp³-hybridized carbons (Fsp3) is 0.357. The number of hydrogen-bond acceptors (Lipinski definition) is 6. The molecule has 1 atom stereocenters. The van der Waals surface area contributed by atoms with Gasteiger partial charge in [0.25, 0.3) is 0 Å². The van der Waals surface area contributed by atoms with Crippen LogP contribution in [0.4, 0.5) is 17.5 Å². The van der Waals surface area contributed by atoms with Crippen LogP contribution in [0.5, 0.6) is 5.75 Å². The number of rotatable bonds is 6. The minimum Gasteiger partial charge on any atom is -0.495 e. The van der Waals surface area contributed by atoms with E-state index < -0.39 is 0 Å². The van der Waals surface area contributed by atoms with Crippen LogP contribution in [0.2, 0.25) is 0 Å². The highest BCUT2D eigenvalue weighted by molar-refractivity contribution is 5.62. The molecule has 1 aromatic carbocycles. The first-order chi connectivity index (χ1) is 9.72. The SMILES string of the molecule is CCC(C)Nc1cnnc(Nc2ccccc2OC)n1. The number of nitrogens with zero attached hydrogens (tertiary/aromatic N) is 3. The quantitative estimate of drug-likeness (QED) is 0.843. The van der Waals surface area contributed by atoms with Crippen LogP contribution in [-0.4, -0.2) is 28.3 Å². The summed E-state index contributed by atoms with van der Waals surface area (Å²) < 4.78 is 5.28. The molecular weight excluding hydrogens is 254 g/mol. The summed E-state index contributed by atoms with van der Waals surface area (Å²) in [7, 11) is 1.63. The Labute approximate surface area is 118 Å². The Bertz CT molecular complexity index is 561. The molecule has 2 aromatic rings. The van der Waals surface area contributed by atoms with E-state index in [2.05, 4.69) is 39.7 Å². The van der Waals surface area contributed by atoms with Gasteiger partial charge in [0.2, 0.25) is 5.95 Å². The fourth-order valence-electron chi connectivity index (χ4n) is 1.65. The molecule has 6 nitrogen and oxygen atoms in total. The van der Waals surface area contributed by atoms with Crippen molar-refractivity contribution in [1.29, 1.82) is 0 Å². The molecule has 0 fully saturated rings. The lowest BCUT2D eigenvalue weighted by Gasteiger charge is -2.13. The number of hydrogen-bond donors (Lipinski definition) is 2. The monoisotopic (exact) mass is 273 g/mol. The van der Waals surface area contributed by atoms with Crippen LogP contribution in [-0.2, 0) is 0 Å². The summed E-state index contributed by atoms with van der Waals surface area (Å²) in [5, 5.41) is 14.3. The lowest BCUT2D eigenvalue weighted by atomic mass is 10.3. The zero-order chi connectivity index (χ0) is 14.4. The molecular formula is C14H19N5O. The molecule has 2 N–H and O–H groups in total. The van der Waals surface area contributed by atoms with Gasteiger partial charge in [0.05, 0.1) is 19.0 Å². The first kappa shape index (κ1) is 14.0. The number of nitrogens with one attached hydrogen (secondary N) is 2. The molecule has 1 unspecified atom stereocenters. The van der Waals surface area contributed by atoms with Crippen molar-refractivity contribution in [3.63, 3.8) is 0 Å². The molecule has 20 heavy (non-hydrogen) atoms. The van der Waals surface area contributed by atoms with Crippen LogP contribution < -0.4 is 15.4 Å². The summed E-state index contributed by atoms with van der Waals surface area (Å²) in [6, 6.07) is 7.93. The van der Waals surface area contributed by atoms with E-state index in [9.17, 15) is 0 Å². The molecule has 0 bridgehead atoms. The first-order valence-electron chi connectivity index (χ1n) is 6.59. The Kier molecular flexibility index (Phi) is 4.70. The Balaban J connectivity index is 2.15. The fourth-order valence-corrected chi connectivity index (χ4v) is 1.65. The summed E-state index contributed by atoms with van der Waals surface area (Å²) in [6.07, 6.45) is 2.62. The molecule has 0 aliphatic rings. The molecule has 0 saturated heterocycles. The maximum absolute atomic E-state index is 5.28. The first-order valence-corrected chi connectivity index (χ1v) is 6.59. The third-order valence-corrected chi connectivity index (χ3v) is 2.92. The van der Waals surface area contributed by atoms with Crippen LogP contribution in [0.3, 0.4) is 0 Å². The van der Waals surface area contributed by atoms with Crippen molar-refractivity contribution in [2.45, 2.75) is 26.3 Å². The minimum absolute atomic E-state index is 0.339. The van der Waals surface area contributed by atoms with E-state index in [0.29, 0.717) is 17.8 Å². The highest BCUT2D eigenvalue weighted by Crippen LogP contribution is 2.25. The molecule has 0 amide bonds. The van der Waals surface area contributed by atoms with Gasteiger partial charge in [0.1, 0.15) is 5.75 Å². The van der Waals surface area contributed by atoms with Crippen molar-refractivity contribution in [3.05, 3.63) is 30.5 Å². The third-order valence-electron chi connectivity index (χ3n) is 2.92. The van der Waals surface area contributed by atoms with Crippen LogP contribution in [0, 0.1) is 0 Å². The van der Waals surface area contributed by atoms with Crippen LogP contribution >= 0.6 is 0 Å². The van der Waals surface area contributed by atoms with Crippen molar-refractivity contribution in [2.75, 3.05) is 17.7 Å². The molecule has 0 radical (unpaired) electrons. The van der Waals surface area contributed by atoms with E-state index in [1.165, 1.54) is 0 Å². The number of para-hydroxylation sites is 2. The second kappa shape index (κ2) is 6.70. The second-order valence-electron chi connectivity index (χ2n) is 4.44. The van der Waals surface area contributed by atoms with Crippen molar-refractivity contribution in [3.8, 4) is 5.75 Å². The summed E-state index contributed by atoms with van der Waals surface area (Å²) in [6.45, 7) is 4.20. The van der Waals surface area contributed by atoms with E-state index in [4.69, 9.17) is 4.74 Å². The molecule has 106 valence electrons. The maximum Gasteiger partial charge on any atom is 0.249 e. The van der Waals surface area contributed by atoms with Gasteiger partial charge in [0, 0.05) is 6.04 Å². The third kappa shape index (κ3) is 3.57. The lowest BCUT2D eigenvalue weighted by molar-refractivity contribution is 0.417. The number of aromatic nitrogens is 3. The lowest BCUT2D eigenvalue weighted by Crippen LogP contribution is -2.15. The molecule has 1 aromatic heterocycles. The number of benzene rings is 1. The molecule has 6 heteroatoms. The number of anilines is 3. The number of methoxy groups -OCH3 is 1. The van der Waals surface area contributed by atoms with Gasteiger partial charge in [-0.15, -0.1) is 5.10 Å². The molecule has 2 rings (SSSR count). The minimum atomic E-state index is 0.339. The van der Waals surface area contributed by atoms with E-state index >= 15 is 0 Å². The summed E-state index contributed by atoms with van der Waals surface area (Å²) in [5.74, 6) is 1.87. The van der Waals surface area contributed by atoms with E-state index in [1.54, 1.807) is 13.3 Å². The van der Waals surface area contributed by atoms with Crippen molar-refractivity contribution >= 4 is 17.5 Å². The van der Waals surface area contributed by atoms with Crippen molar-refractivity contribution in [1.82, 2.24) is 15.2 Å².